The molecule has 2 aromatic rings. The number of aromatic nitrogens is 1. The Balaban J connectivity index is 1.68. The molecule has 0 saturated heterocycles. The van der Waals surface area contributed by atoms with Crippen molar-refractivity contribution in [3.8, 4) is 5.75 Å². The standard InChI is InChI=1S/C15H18N2O2/c1-2-15(18)17-8-3-4-10-19-13-5-6-14-12(11-13)7-9-16-14/h2,5-7,9,11,16H,1,3-4,8,10H2,(H,17,18). The zero-order valence-corrected chi connectivity index (χ0v) is 10.8. The maximum atomic E-state index is 10.9. The van der Waals surface area contributed by atoms with Gasteiger partial charge in [0.15, 0.2) is 0 Å². The van der Waals surface area contributed by atoms with Crippen LogP contribution in [0.1, 0.15) is 12.8 Å². The van der Waals surface area contributed by atoms with E-state index in [2.05, 4.69) is 16.9 Å². The highest BCUT2D eigenvalue weighted by Crippen LogP contribution is 2.19. The fourth-order valence-corrected chi connectivity index (χ4v) is 1.82. The van der Waals surface area contributed by atoms with E-state index in [9.17, 15) is 4.79 Å². The lowest BCUT2D eigenvalue weighted by Crippen LogP contribution is -2.22. The summed E-state index contributed by atoms with van der Waals surface area (Å²) in [4.78, 5) is 14.0. The number of unbranched alkanes of at least 4 members (excludes halogenated alkanes) is 1. The highest BCUT2D eigenvalue weighted by Gasteiger charge is 1.98. The van der Waals surface area contributed by atoms with Crippen molar-refractivity contribution in [1.29, 1.82) is 0 Å². The van der Waals surface area contributed by atoms with Crippen LogP contribution in [0.25, 0.3) is 10.9 Å². The molecule has 100 valence electrons. The van der Waals surface area contributed by atoms with Crippen molar-refractivity contribution in [3.05, 3.63) is 43.1 Å². The number of rotatable bonds is 7. The minimum atomic E-state index is -0.126. The van der Waals surface area contributed by atoms with E-state index in [1.165, 1.54) is 6.08 Å². The highest BCUT2D eigenvalue weighted by atomic mass is 16.5. The minimum Gasteiger partial charge on any atom is -0.494 e. The fraction of sp³-hybridized carbons (Fsp3) is 0.267. The van der Waals surface area contributed by atoms with E-state index in [1.54, 1.807) is 0 Å². The number of fused-ring (bicyclic) bond motifs is 1. The molecule has 19 heavy (non-hydrogen) atoms. The first-order chi connectivity index (χ1) is 9.29. The van der Waals surface area contributed by atoms with E-state index in [1.807, 2.05) is 30.5 Å². The second-order valence-electron chi connectivity index (χ2n) is 4.28. The van der Waals surface area contributed by atoms with Gasteiger partial charge in [-0.1, -0.05) is 6.58 Å². The van der Waals surface area contributed by atoms with Gasteiger partial charge >= 0.3 is 0 Å². The van der Waals surface area contributed by atoms with Gasteiger partial charge in [0.1, 0.15) is 5.75 Å². The van der Waals surface area contributed by atoms with E-state index >= 15 is 0 Å². The molecule has 4 nitrogen and oxygen atoms in total. The van der Waals surface area contributed by atoms with Crippen molar-refractivity contribution in [1.82, 2.24) is 10.3 Å². The zero-order chi connectivity index (χ0) is 13.5. The predicted octanol–water partition coefficient (Wildman–Crippen LogP) is 2.63. The summed E-state index contributed by atoms with van der Waals surface area (Å²) < 4.78 is 5.67. The Morgan fingerprint density at radius 3 is 3.11 bits per heavy atom. The van der Waals surface area contributed by atoms with Crippen LogP contribution in [-0.2, 0) is 4.79 Å². The number of aromatic amines is 1. The van der Waals surface area contributed by atoms with Crippen LogP contribution in [0.15, 0.2) is 43.1 Å². The first kappa shape index (κ1) is 13.2. The van der Waals surface area contributed by atoms with Gasteiger partial charge in [-0.3, -0.25) is 4.79 Å². The second kappa shape index (κ2) is 6.64. The lowest BCUT2D eigenvalue weighted by atomic mass is 10.2. The van der Waals surface area contributed by atoms with Crippen LogP contribution in [0.4, 0.5) is 0 Å². The van der Waals surface area contributed by atoms with Gasteiger partial charge in [0.25, 0.3) is 0 Å². The zero-order valence-electron chi connectivity index (χ0n) is 10.8. The maximum Gasteiger partial charge on any atom is 0.243 e. The molecule has 1 heterocycles. The number of carbonyl (C=O) groups excluding carboxylic acids is 1. The first-order valence-corrected chi connectivity index (χ1v) is 6.40. The van der Waals surface area contributed by atoms with Crippen molar-refractivity contribution in [2.24, 2.45) is 0 Å². The Labute approximate surface area is 112 Å². The Morgan fingerprint density at radius 2 is 2.26 bits per heavy atom. The predicted molar refractivity (Wildman–Crippen MR) is 76.2 cm³/mol. The molecule has 1 aromatic heterocycles. The van der Waals surface area contributed by atoms with E-state index in [4.69, 9.17) is 4.74 Å². The largest absolute Gasteiger partial charge is 0.494 e. The van der Waals surface area contributed by atoms with Crippen LogP contribution in [-0.4, -0.2) is 24.0 Å². The SMILES string of the molecule is C=CC(=O)NCCCCOc1ccc2[nH]ccc2c1. The summed E-state index contributed by atoms with van der Waals surface area (Å²) in [5, 5.41) is 3.88. The number of amides is 1. The number of ether oxygens (including phenoxy) is 1. The van der Waals surface area contributed by atoms with Gasteiger partial charge < -0.3 is 15.0 Å². The van der Waals surface area contributed by atoms with E-state index in [0.29, 0.717) is 13.2 Å². The molecular formula is C15H18N2O2. The molecule has 1 amide bonds. The Bertz CT molecular complexity index is 560. The van der Waals surface area contributed by atoms with Crippen LogP contribution < -0.4 is 10.1 Å². The molecular weight excluding hydrogens is 240 g/mol. The number of carbonyl (C=O) groups is 1. The van der Waals surface area contributed by atoms with Crippen molar-refractivity contribution in [2.45, 2.75) is 12.8 Å². The van der Waals surface area contributed by atoms with Gasteiger partial charge in [-0.25, -0.2) is 0 Å². The lowest BCUT2D eigenvalue weighted by Gasteiger charge is -2.06. The topological polar surface area (TPSA) is 54.1 Å². The quantitative estimate of drug-likeness (QED) is 0.592. The molecule has 0 fully saturated rings. The molecule has 0 aliphatic rings. The molecule has 1 aromatic carbocycles. The summed E-state index contributed by atoms with van der Waals surface area (Å²) in [7, 11) is 0. The van der Waals surface area contributed by atoms with Gasteiger partial charge in [-0.2, -0.15) is 0 Å². The molecule has 0 atom stereocenters. The second-order valence-corrected chi connectivity index (χ2v) is 4.28. The van der Waals surface area contributed by atoms with Crippen molar-refractivity contribution in [2.75, 3.05) is 13.2 Å². The third-order valence-electron chi connectivity index (χ3n) is 2.85. The summed E-state index contributed by atoms with van der Waals surface area (Å²) in [5.41, 5.74) is 1.11. The van der Waals surface area contributed by atoms with Gasteiger partial charge in [0.05, 0.1) is 6.61 Å². The van der Waals surface area contributed by atoms with Crippen LogP contribution >= 0.6 is 0 Å². The number of benzene rings is 1. The summed E-state index contributed by atoms with van der Waals surface area (Å²) in [6.07, 6.45) is 4.99. The molecule has 0 unspecified atom stereocenters. The molecule has 0 spiro atoms. The third kappa shape index (κ3) is 3.88. The third-order valence-corrected chi connectivity index (χ3v) is 2.85. The van der Waals surface area contributed by atoms with Crippen molar-refractivity contribution < 1.29 is 9.53 Å². The Morgan fingerprint density at radius 1 is 1.37 bits per heavy atom. The summed E-state index contributed by atoms with van der Waals surface area (Å²) in [6, 6.07) is 8.01. The average molecular weight is 258 g/mol. The molecule has 0 aliphatic heterocycles. The van der Waals surface area contributed by atoms with Crippen LogP contribution in [0, 0.1) is 0 Å². The Kier molecular flexibility index (Phi) is 4.61. The monoisotopic (exact) mass is 258 g/mol. The first-order valence-electron chi connectivity index (χ1n) is 6.40. The fourth-order valence-electron chi connectivity index (χ4n) is 1.82. The number of H-pyrrole nitrogens is 1. The molecule has 0 bridgehead atoms. The van der Waals surface area contributed by atoms with Gasteiger partial charge in [0.2, 0.25) is 5.91 Å². The van der Waals surface area contributed by atoms with E-state index < -0.39 is 0 Å². The molecule has 0 saturated carbocycles. The van der Waals surface area contributed by atoms with E-state index in [0.717, 1.165) is 29.5 Å². The molecule has 2 N–H and O–H groups in total. The van der Waals surface area contributed by atoms with Crippen LogP contribution in [0.5, 0.6) is 5.75 Å². The molecule has 4 heteroatoms. The lowest BCUT2D eigenvalue weighted by molar-refractivity contribution is -0.116. The summed E-state index contributed by atoms with van der Waals surface area (Å²) in [6.45, 7) is 4.71. The van der Waals surface area contributed by atoms with Gasteiger partial charge in [-0.15, -0.1) is 0 Å². The van der Waals surface area contributed by atoms with Gasteiger partial charge in [-0.05, 0) is 43.2 Å². The molecule has 0 aliphatic carbocycles. The normalized spacial score (nSPS) is 10.3. The highest BCUT2D eigenvalue weighted by molar-refractivity contribution is 5.86. The Hall–Kier alpha value is -2.23. The van der Waals surface area contributed by atoms with E-state index in [-0.39, 0.29) is 5.91 Å². The molecule has 2 rings (SSSR count). The average Bonchev–Trinajstić information content (AvgIpc) is 2.89. The van der Waals surface area contributed by atoms with Crippen molar-refractivity contribution in [3.63, 3.8) is 0 Å². The van der Waals surface area contributed by atoms with Gasteiger partial charge in [0, 0.05) is 23.6 Å². The van der Waals surface area contributed by atoms with Crippen LogP contribution in [0.3, 0.4) is 0 Å². The van der Waals surface area contributed by atoms with Crippen molar-refractivity contribution >= 4 is 16.8 Å². The van der Waals surface area contributed by atoms with Crippen LogP contribution in [0.2, 0.25) is 0 Å². The number of nitrogens with one attached hydrogen (secondary N) is 2. The maximum absolute atomic E-state index is 10.9. The number of hydrogen-bond acceptors (Lipinski definition) is 2. The minimum absolute atomic E-state index is 0.126. The number of hydrogen-bond donors (Lipinski definition) is 2. The summed E-state index contributed by atoms with van der Waals surface area (Å²) in [5.74, 6) is 0.751. The smallest absolute Gasteiger partial charge is 0.243 e. The molecule has 0 radical (unpaired) electrons. The summed E-state index contributed by atoms with van der Waals surface area (Å²) >= 11 is 0.